The number of rotatable bonds is 7. The summed E-state index contributed by atoms with van der Waals surface area (Å²) in [6.07, 6.45) is 4.61. The van der Waals surface area contributed by atoms with Crippen molar-refractivity contribution in [3.05, 3.63) is 47.2 Å². The van der Waals surface area contributed by atoms with Crippen molar-refractivity contribution in [3.63, 3.8) is 0 Å². The van der Waals surface area contributed by atoms with Gasteiger partial charge in [0.05, 0.1) is 6.54 Å². The number of aromatic nitrogens is 2. The lowest BCUT2D eigenvalue weighted by Crippen LogP contribution is -2.29. The average Bonchev–Trinajstić information content (AvgIpc) is 2.96. The first-order valence-corrected chi connectivity index (χ1v) is 7.27. The molecule has 6 heteroatoms. The molecule has 0 saturated carbocycles. The van der Waals surface area contributed by atoms with Gasteiger partial charge in [0.1, 0.15) is 0 Å². The van der Waals surface area contributed by atoms with Gasteiger partial charge >= 0.3 is 0 Å². The third-order valence-corrected chi connectivity index (χ3v) is 3.29. The first-order chi connectivity index (χ1) is 10.1. The maximum absolute atomic E-state index is 11.8. The Bertz CT molecular complexity index is 583. The van der Waals surface area contributed by atoms with Gasteiger partial charge in [-0.2, -0.15) is 5.10 Å². The molecule has 1 amide bonds. The molecule has 0 aliphatic carbocycles. The first kappa shape index (κ1) is 15.5. The molecule has 1 aromatic carbocycles. The highest BCUT2D eigenvalue weighted by Gasteiger charge is 2.05. The molecule has 0 aliphatic heterocycles. The third kappa shape index (κ3) is 5.21. The van der Waals surface area contributed by atoms with Crippen molar-refractivity contribution in [2.75, 3.05) is 18.4 Å². The van der Waals surface area contributed by atoms with Crippen LogP contribution in [0.15, 0.2) is 36.7 Å². The van der Waals surface area contributed by atoms with Crippen LogP contribution in [-0.4, -0.2) is 28.8 Å². The SMILES string of the molecule is Cc1ccc(Cl)cc1NC(=O)CNCCCn1cccn1. The minimum Gasteiger partial charge on any atom is -0.325 e. The Labute approximate surface area is 129 Å². The normalized spacial score (nSPS) is 10.6. The van der Waals surface area contributed by atoms with E-state index >= 15 is 0 Å². The molecule has 1 heterocycles. The predicted molar refractivity (Wildman–Crippen MR) is 84.5 cm³/mol. The predicted octanol–water partition coefficient (Wildman–Crippen LogP) is 2.46. The Balaban J connectivity index is 1.66. The summed E-state index contributed by atoms with van der Waals surface area (Å²) in [7, 11) is 0. The quantitative estimate of drug-likeness (QED) is 0.773. The number of carbonyl (C=O) groups is 1. The van der Waals surface area contributed by atoms with Gasteiger partial charge in [-0.25, -0.2) is 0 Å². The molecule has 2 aromatic rings. The van der Waals surface area contributed by atoms with E-state index in [4.69, 9.17) is 11.6 Å². The van der Waals surface area contributed by atoms with Crippen molar-refractivity contribution in [1.29, 1.82) is 0 Å². The van der Waals surface area contributed by atoms with E-state index in [1.807, 2.05) is 29.9 Å². The van der Waals surface area contributed by atoms with Gasteiger partial charge in [-0.05, 0) is 43.7 Å². The lowest BCUT2D eigenvalue weighted by molar-refractivity contribution is -0.115. The van der Waals surface area contributed by atoms with Crippen LogP contribution in [0.2, 0.25) is 5.02 Å². The van der Waals surface area contributed by atoms with Gasteiger partial charge in [-0.15, -0.1) is 0 Å². The Kier molecular flexibility index (Phi) is 5.78. The largest absolute Gasteiger partial charge is 0.325 e. The van der Waals surface area contributed by atoms with Crippen molar-refractivity contribution < 1.29 is 4.79 Å². The van der Waals surface area contributed by atoms with Crippen LogP contribution in [0.1, 0.15) is 12.0 Å². The van der Waals surface area contributed by atoms with Crippen LogP contribution in [0, 0.1) is 6.92 Å². The topological polar surface area (TPSA) is 59.0 Å². The molecule has 2 rings (SSSR count). The molecular weight excluding hydrogens is 288 g/mol. The van der Waals surface area contributed by atoms with Crippen molar-refractivity contribution in [2.45, 2.75) is 19.9 Å². The van der Waals surface area contributed by atoms with Crippen LogP contribution in [-0.2, 0) is 11.3 Å². The van der Waals surface area contributed by atoms with Crippen LogP contribution in [0.25, 0.3) is 0 Å². The molecule has 21 heavy (non-hydrogen) atoms. The van der Waals surface area contributed by atoms with E-state index < -0.39 is 0 Å². The smallest absolute Gasteiger partial charge is 0.238 e. The van der Waals surface area contributed by atoms with Crippen molar-refractivity contribution in [2.24, 2.45) is 0 Å². The summed E-state index contributed by atoms with van der Waals surface area (Å²) >= 11 is 5.92. The van der Waals surface area contributed by atoms with Gasteiger partial charge in [0, 0.05) is 29.6 Å². The van der Waals surface area contributed by atoms with Crippen molar-refractivity contribution in [3.8, 4) is 0 Å². The van der Waals surface area contributed by atoms with Crippen molar-refractivity contribution in [1.82, 2.24) is 15.1 Å². The van der Waals surface area contributed by atoms with Gasteiger partial charge in [0.2, 0.25) is 5.91 Å². The van der Waals surface area contributed by atoms with E-state index in [2.05, 4.69) is 15.7 Å². The highest BCUT2D eigenvalue weighted by atomic mass is 35.5. The maximum Gasteiger partial charge on any atom is 0.238 e. The Morgan fingerprint density at radius 2 is 2.29 bits per heavy atom. The van der Waals surface area contributed by atoms with Crippen LogP contribution < -0.4 is 10.6 Å². The molecular formula is C15H19ClN4O. The van der Waals surface area contributed by atoms with E-state index in [1.165, 1.54) is 0 Å². The van der Waals surface area contributed by atoms with Crippen LogP contribution in [0.5, 0.6) is 0 Å². The molecule has 2 N–H and O–H groups in total. The number of nitrogens with one attached hydrogen (secondary N) is 2. The summed E-state index contributed by atoms with van der Waals surface area (Å²) in [5.41, 5.74) is 1.75. The van der Waals surface area contributed by atoms with E-state index in [9.17, 15) is 4.79 Å². The summed E-state index contributed by atoms with van der Waals surface area (Å²) < 4.78 is 1.87. The van der Waals surface area contributed by atoms with Gasteiger partial charge in [-0.1, -0.05) is 17.7 Å². The molecule has 0 saturated heterocycles. The number of anilines is 1. The molecule has 0 radical (unpaired) electrons. The minimum atomic E-state index is -0.0699. The maximum atomic E-state index is 11.8. The van der Waals surface area contributed by atoms with Gasteiger partial charge in [0.15, 0.2) is 0 Å². The first-order valence-electron chi connectivity index (χ1n) is 6.89. The number of carbonyl (C=O) groups excluding carboxylic acids is 1. The number of halogens is 1. The monoisotopic (exact) mass is 306 g/mol. The number of benzene rings is 1. The summed E-state index contributed by atoms with van der Waals surface area (Å²) in [4.78, 5) is 11.8. The number of hydrogen-bond donors (Lipinski definition) is 2. The van der Waals surface area contributed by atoms with E-state index in [0.29, 0.717) is 5.02 Å². The Morgan fingerprint density at radius 3 is 3.05 bits per heavy atom. The lowest BCUT2D eigenvalue weighted by atomic mass is 10.2. The van der Waals surface area contributed by atoms with Gasteiger partial charge in [-0.3, -0.25) is 9.48 Å². The fourth-order valence-corrected chi connectivity index (χ4v) is 2.10. The summed E-state index contributed by atoms with van der Waals surface area (Å²) in [5.74, 6) is -0.0699. The summed E-state index contributed by atoms with van der Waals surface area (Å²) in [6, 6.07) is 7.34. The molecule has 1 aromatic heterocycles. The second-order valence-corrected chi connectivity index (χ2v) is 5.24. The number of amides is 1. The average molecular weight is 307 g/mol. The standard InChI is InChI=1S/C15H19ClN4O/c1-12-4-5-13(16)10-14(12)19-15(21)11-17-6-2-8-20-9-3-7-18-20/h3-5,7,9-10,17H,2,6,8,11H2,1H3,(H,19,21). The molecule has 5 nitrogen and oxygen atoms in total. The number of hydrogen-bond acceptors (Lipinski definition) is 3. The number of aryl methyl sites for hydroxylation is 2. The zero-order chi connectivity index (χ0) is 15.1. The Morgan fingerprint density at radius 1 is 1.43 bits per heavy atom. The molecule has 0 aliphatic rings. The Hall–Kier alpha value is -1.85. The fraction of sp³-hybridized carbons (Fsp3) is 0.333. The molecule has 0 fully saturated rings. The van der Waals surface area contributed by atoms with Gasteiger partial charge < -0.3 is 10.6 Å². The number of nitrogens with zero attached hydrogens (tertiary/aromatic N) is 2. The van der Waals surface area contributed by atoms with E-state index in [0.717, 1.165) is 30.8 Å². The lowest BCUT2D eigenvalue weighted by Gasteiger charge is -2.09. The molecule has 0 spiro atoms. The minimum absolute atomic E-state index is 0.0699. The second-order valence-electron chi connectivity index (χ2n) is 4.81. The molecule has 0 unspecified atom stereocenters. The molecule has 0 atom stereocenters. The van der Waals surface area contributed by atoms with Crippen LogP contribution >= 0.6 is 11.6 Å². The van der Waals surface area contributed by atoms with Crippen LogP contribution in [0.4, 0.5) is 5.69 Å². The van der Waals surface area contributed by atoms with Crippen LogP contribution in [0.3, 0.4) is 0 Å². The summed E-state index contributed by atoms with van der Waals surface area (Å²) in [5, 5.41) is 10.7. The fourth-order valence-electron chi connectivity index (χ4n) is 1.92. The van der Waals surface area contributed by atoms with E-state index in [-0.39, 0.29) is 12.5 Å². The van der Waals surface area contributed by atoms with Crippen molar-refractivity contribution >= 4 is 23.2 Å². The summed E-state index contributed by atoms with van der Waals surface area (Å²) in [6.45, 7) is 3.82. The van der Waals surface area contributed by atoms with E-state index in [1.54, 1.807) is 18.3 Å². The second kappa shape index (κ2) is 7.81. The highest BCUT2D eigenvalue weighted by Crippen LogP contribution is 2.19. The third-order valence-electron chi connectivity index (χ3n) is 3.06. The molecule has 0 bridgehead atoms. The zero-order valence-electron chi connectivity index (χ0n) is 12.0. The van der Waals surface area contributed by atoms with Gasteiger partial charge in [0.25, 0.3) is 0 Å². The molecule has 112 valence electrons. The zero-order valence-corrected chi connectivity index (χ0v) is 12.7. The highest BCUT2D eigenvalue weighted by molar-refractivity contribution is 6.31.